The first-order valence-electron chi connectivity index (χ1n) is 8.79. The summed E-state index contributed by atoms with van der Waals surface area (Å²) in [6.07, 6.45) is 0. The van der Waals surface area contributed by atoms with Crippen LogP contribution in [0.4, 0.5) is 5.69 Å². The monoisotopic (exact) mass is 359 g/mol. The van der Waals surface area contributed by atoms with E-state index in [1.165, 1.54) is 28.0 Å². The first kappa shape index (κ1) is 15.5. The Balaban J connectivity index is 1.75. The molecule has 0 bridgehead atoms. The van der Waals surface area contributed by atoms with E-state index in [1.54, 1.807) is 0 Å². The predicted octanol–water partition coefficient (Wildman–Crippen LogP) is 6.01. The highest BCUT2D eigenvalue weighted by Crippen LogP contribution is 2.48. The number of hydrogen-bond donors (Lipinski definition) is 1. The van der Waals surface area contributed by atoms with E-state index >= 15 is 0 Å². The van der Waals surface area contributed by atoms with Crippen LogP contribution >= 0.6 is 11.6 Å². The summed E-state index contributed by atoms with van der Waals surface area (Å²) >= 11 is 6.13. The van der Waals surface area contributed by atoms with Crippen LogP contribution in [0.5, 0.6) is 5.75 Å². The van der Waals surface area contributed by atoms with E-state index in [-0.39, 0.29) is 5.92 Å². The molecular formula is C23H18ClNO. The zero-order valence-electron chi connectivity index (χ0n) is 14.4. The summed E-state index contributed by atoms with van der Waals surface area (Å²) in [7, 11) is 0. The van der Waals surface area contributed by atoms with Crippen LogP contribution in [-0.2, 0) is 0 Å². The van der Waals surface area contributed by atoms with Crippen molar-refractivity contribution in [3.63, 3.8) is 0 Å². The number of ether oxygens (including phenoxy) is 1. The molecule has 0 spiro atoms. The molecule has 2 heterocycles. The maximum absolute atomic E-state index is 6.13. The summed E-state index contributed by atoms with van der Waals surface area (Å²) < 4.78 is 6.09. The number of rotatable bonds is 1. The molecule has 0 saturated carbocycles. The van der Waals surface area contributed by atoms with Gasteiger partial charge in [-0.15, -0.1) is 0 Å². The van der Waals surface area contributed by atoms with Gasteiger partial charge < -0.3 is 10.1 Å². The van der Waals surface area contributed by atoms with Gasteiger partial charge in [-0.05, 0) is 48.4 Å². The van der Waals surface area contributed by atoms with Gasteiger partial charge >= 0.3 is 0 Å². The maximum Gasteiger partial charge on any atom is 0.129 e. The molecule has 0 saturated heterocycles. The Morgan fingerprint density at radius 1 is 1.00 bits per heavy atom. The van der Waals surface area contributed by atoms with E-state index in [1.807, 2.05) is 24.3 Å². The van der Waals surface area contributed by atoms with Gasteiger partial charge in [-0.3, -0.25) is 0 Å². The van der Waals surface area contributed by atoms with Gasteiger partial charge in [0.05, 0.1) is 5.70 Å². The van der Waals surface area contributed by atoms with Crippen molar-refractivity contribution in [2.24, 2.45) is 0 Å². The molecule has 26 heavy (non-hydrogen) atoms. The van der Waals surface area contributed by atoms with Crippen LogP contribution in [0.1, 0.15) is 28.2 Å². The SMILES string of the molecule is Cc1ccc2c(c1)C(c1ccc(Cl)cc1)C1=C(N2)c2ccccc2OC1. The van der Waals surface area contributed by atoms with Crippen molar-refractivity contribution >= 4 is 23.0 Å². The van der Waals surface area contributed by atoms with Gasteiger partial charge in [-0.25, -0.2) is 0 Å². The van der Waals surface area contributed by atoms with Crippen LogP contribution in [0.25, 0.3) is 5.70 Å². The maximum atomic E-state index is 6.13. The van der Waals surface area contributed by atoms with E-state index in [0.29, 0.717) is 6.61 Å². The fourth-order valence-electron chi connectivity index (χ4n) is 3.97. The molecule has 128 valence electrons. The zero-order valence-corrected chi connectivity index (χ0v) is 15.2. The van der Waals surface area contributed by atoms with Crippen LogP contribution in [0.15, 0.2) is 72.3 Å². The zero-order chi connectivity index (χ0) is 17.7. The average Bonchev–Trinajstić information content (AvgIpc) is 2.67. The van der Waals surface area contributed by atoms with Crippen molar-refractivity contribution in [2.75, 3.05) is 11.9 Å². The third-order valence-corrected chi connectivity index (χ3v) is 5.44. The molecule has 0 amide bonds. The second-order valence-electron chi connectivity index (χ2n) is 6.89. The molecule has 0 radical (unpaired) electrons. The van der Waals surface area contributed by atoms with Gasteiger partial charge in [-0.1, -0.05) is 53.6 Å². The number of aryl methyl sites for hydroxylation is 1. The van der Waals surface area contributed by atoms with Crippen LogP contribution in [0.3, 0.4) is 0 Å². The van der Waals surface area contributed by atoms with Gasteiger partial charge in [0.25, 0.3) is 0 Å². The van der Waals surface area contributed by atoms with E-state index < -0.39 is 0 Å². The number of para-hydroxylation sites is 1. The third kappa shape index (κ3) is 2.41. The Hall–Kier alpha value is -2.71. The van der Waals surface area contributed by atoms with E-state index in [2.05, 4.69) is 54.7 Å². The Kier molecular flexibility index (Phi) is 3.54. The Morgan fingerprint density at radius 2 is 1.81 bits per heavy atom. The highest BCUT2D eigenvalue weighted by molar-refractivity contribution is 6.30. The van der Waals surface area contributed by atoms with E-state index in [9.17, 15) is 0 Å². The summed E-state index contributed by atoms with van der Waals surface area (Å²) in [6, 6.07) is 23.0. The average molecular weight is 360 g/mol. The summed E-state index contributed by atoms with van der Waals surface area (Å²) in [5.74, 6) is 1.09. The number of benzene rings is 3. The van der Waals surface area contributed by atoms with Crippen LogP contribution in [0.2, 0.25) is 5.02 Å². The van der Waals surface area contributed by atoms with E-state index in [0.717, 1.165) is 22.0 Å². The number of anilines is 1. The van der Waals surface area contributed by atoms with Crippen molar-refractivity contribution in [2.45, 2.75) is 12.8 Å². The second-order valence-corrected chi connectivity index (χ2v) is 7.32. The molecule has 1 N–H and O–H groups in total. The van der Waals surface area contributed by atoms with Crippen LogP contribution in [-0.4, -0.2) is 6.61 Å². The van der Waals surface area contributed by atoms with E-state index in [4.69, 9.17) is 16.3 Å². The molecule has 0 fully saturated rings. The molecule has 0 aromatic heterocycles. The lowest BCUT2D eigenvalue weighted by Crippen LogP contribution is -2.25. The Labute approximate surface area is 158 Å². The molecule has 3 aromatic rings. The molecule has 2 nitrogen and oxygen atoms in total. The number of halogens is 1. The lowest BCUT2D eigenvalue weighted by atomic mass is 9.78. The minimum absolute atomic E-state index is 0.159. The van der Waals surface area contributed by atoms with Gasteiger partial charge in [0, 0.05) is 27.8 Å². The van der Waals surface area contributed by atoms with Crippen molar-refractivity contribution in [3.8, 4) is 5.75 Å². The number of fused-ring (bicyclic) bond motifs is 3. The Morgan fingerprint density at radius 3 is 2.65 bits per heavy atom. The van der Waals surface area contributed by atoms with Crippen LogP contribution < -0.4 is 10.1 Å². The number of nitrogens with one attached hydrogen (secondary N) is 1. The van der Waals surface area contributed by atoms with Gasteiger partial charge in [0.2, 0.25) is 0 Å². The second kappa shape index (κ2) is 5.93. The summed E-state index contributed by atoms with van der Waals surface area (Å²) in [4.78, 5) is 0. The summed E-state index contributed by atoms with van der Waals surface area (Å²) in [6.45, 7) is 2.72. The normalized spacial score (nSPS) is 17.5. The lowest BCUT2D eigenvalue weighted by molar-refractivity contribution is 0.339. The molecule has 3 heteroatoms. The van der Waals surface area contributed by atoms with Gasteiger partial charge in [-0.2, -0.15) is 0 Å². The highest BCUT2D eigenvalue weighted by atomic mass is 35.5. The first-order valence-corrected chi connectivity index (χ1v) is 9.17. The smallest absolute Gasteiger partial charge is 0.129 e. The first-order chi connectivity index (χ1) is 12.7. The Bertz CT molecular complexity index is 1040. The van der Waals surface area contributed by atoms with Crippen LogP contribution in [0, 0.1) is 6.92 Å². The molecule has 2 aliphatic heterocycles. The van der Waals surface area contributed by atoms with Gasteiger partial charge in [0.1, 0.15) is 12.4 Å². The molecule has 5 rings (SSSR count). The fraction of sp³-hybridized carbons (Fsp3) is 0.130. The minimum atomic E-state index is 0.159. The quantitative estimate of drug-likeness (QED) is 0.574. The summed E-state index contributed by atoms with van der Waals surface area (Å²) in [5, 5.41) is 4.42. The topological polar surface area (TPSA) is 21.3 Å². The summed E-state index contributed by atoms with van der Waals surface area (Å²) in [5.41, 5.74) is 8.50. The minimum Gasteiger partial charge on any atom is -0.488 e. The molecule has 3 aromatic carbocycles. The molecular weight excluding hydrogens is 342 g/mol. The molecule has 1 unspecified atom stereocenters. The molecule has 0 aliphatic carbocycles. The fourth-order valence-corrected chi connectivity index (χ4v) is 4.09. The largest absolute Gasteiger partial charge is 0.488 e. The lowest BCUT2D eigenvalue weighted by Gasteiger charge is -2.36. The predicted molar refractivity (Wildman–Crippen MR) is 107 cm³/mol. The standard InChI is InChI=1S/C23H18ClNO/c1-14-6-11-20-18(12-14)22(15-7-9-16(24)10-8-15)19-13-26-21-5-3-2-4-17(21)23(19)25-20/h2-12,22,25H,13H2,1H3. The highest BCUT2D eigenvalue weighted by Gasteiger charge is 2.33. The van der Waals surface area contributed by atoms with Crippen molar-refractivity contribution < 1.29 is 4.74 Å². The molecule has 1 atom stereocenters. The van der Waals surface area contributed by atoms with Crippen molar-refractivity contribution in [3.05, 3.63) is 99.6 Å². The molecule has 2 aliphatic rings. The van der Waals surface area contributed by atoms with Crippen molar-refractivity contribution in [1.82, 2.24) is 0 Å². The number of hydrogen-bond acceptors (Lipinski definition) is 2. The third-order valence-electron chi connectivity index (χ3n) is 5.19. The van der Waals surface area contributed by atoms with Crippen molar-refractivity contribution in [1.29, 1.82) is 0 Å². The van der Waals surface area contributed by atoms with Gasteiger partial charge in [0.15, 0.2) is 0 Å².